The second-order valence-electron chi connectivity index (χ2n) is 9.10. The number of rotatable bonds is 10. The summed E-state index contributed by atoms with van der Waals surface area (Å²) >= 11 is 0. The molecule has 0 aliphatic rings. The van der Waals surface area contributed by atoms with Gasteiger partial charge in [0, 0.05) is 18.4 Å². The molecule has 9 heteroatoms. The lowest BCUT2D eigenvalue weighted by atomic mass is 9.98. The summed E-state index contributed by atoms with van der Waals surface area (Å²) in [6, 6.07) is 15.9. The highest BCUT2D eigenvalue weighted by atomic mass is 16.2. The normalized spacial score (nSPS) is 11.3. The van der Waals surface area contributed by atoms with Crippen LogP contribution < -0.4 is 5.69 Å². The smallest absolute Gasteiger partial charge is 0.274 e. The number of carbonyl (C=O) groups excluding carboxylic acids is 1. The largest absolute Gasteiger partial charge is 0.353 e. The summed E-state index contributed by atoms with van der Waals surface area (Å²) < 4.78 is 2.69. The number of carbonyl (C=O) groups is 1. The number of hydrogen-bond acceptors (Lipinski definition) is 6. The molecule has 0 saturated carbocycles. The molecule has 0 saturated heterocycles. The molecular formula is C26H31N7O2. The van der Waals surface area contributed by atoms with Crippen molar-refractivity contribution >= 4 is 5.91 Å². The Morgan fingerprint density at radius 3 is 2.46 bits per heavy atom. The molecule has 0 amide bonds. The number of nitrogens with zero attached hydrogens (tertiary/aromatic N) is 6. The number of aromatic amines is 1. The summed E-state index contributed by atoms with van der Waals surface area (Å²) in [4.78, 5) is 25.7. The molecule has 4 aromatic rings. The first-order valence-electron chi connectivity index (χ1n) is 12.1. The number of unbranched alkanes of at least 4 members (excludes halogenated alkanes) is 1. The van der Waals surface area contributed by atoms with Crippen molar-refractivity contribution in [1.29, 1.82) is 0 Å². The zero-order valence-corrected chi connectivity index (χ0v) is 20.4. The predicted octanol–water partition coefficient (Wildman–Crippen LogP) is 4.36. The van der Waals surface area contributed by atoms with E-state index in [2.05, 4.69) is 39.6 Å². The van der Waals surface area contributed by atoms with Gasteiger partial charge in [-0.1, -0.05) is 75.7 Å². The lowest BCUT2D eigenvalue weighted by molar-refractivity contribution is 0.0878. The molecule has 0 bridgehead atoms. The second-order valence-corrected chi connectivity index (χ2v) is 9.10. The van der Waals surface area contributed by atoms with Gasteiger partial charge in [0.1, 0.15) is 5.82 Å². The van der Waals surface area contributed by atoms with E-state index < -0.39 is 0 Å². The Hall–Kier alpha value is -3.88. The lowest BCUT2D eigenvalue weighted by Gasteiger charge is -2.10. The van der Waals surface area contributed by atoms with Gasteiger partial charge in [0.2, 0.25) is 5.82 Å². The maximum absolute atomic E-state index is 13.1. The van der Waals surface area contributed by atoms with E-state index in [0.29, 0.717) is 37.0 Å². The summed E-state index contributed by atoms with van der Waals surface area (Å²) in [5, 5.41) is 18.8. The van der Waals surface area contributed by atoms with Gasteiger partial charge in [-0.15, -0.1) is 20.0 Å². The van der Waals surface area contributed by atoms with Crippen LogP contribution in [0, 0.1) is 5.92 Å². The highest BCUT2D eigenvalue weighted by Gasteiger charge is 2.19. The molecule has 182 valence electrons. The first-order chi connectivity index (χ1) is 17.0. The molecule has 0 unspecified atom stereocenters. The van der Waals surface area contributed by atoms with Crippen molar-refractivity contribution in [1.82, 2.24) is 35.0 Å². The topological polar surface area (TPSA) is 111 Å². The molecule has 1 N–H and O–H groups in total. The summed E-state index contributed by atoms with van der Waals surface area (Å²) in [7, 11) is 0. The van der Waals surface area contributed by atoms with Crippen LogP contribution in [0.25, 0.3) is 22.5 Å². The molecule has 0 atom stereocenters. The maximum Gasteiger partial charge on any atom is 0.353 e. The number of H-pyrrole nitrogens is 1. The van der Waals surface area contributed by atoms with Crippen LogP contribution in [0.3, 0.4) is 0 Å². The van der Waals surface area contributed by atoms with Gasteiger partial charge in [0.25, 0.3) is 5.91 Å². The van der Waals surface area contributed by atoms with E-state index in [0.717, 1.165) is 46.2 Å². The number of aromatic nitrogens is 7. The average molecular weight is 474 g/mol. The van der Waals surface area contributed by atoms with Crippen molar-refractivity contribution in [2.45, 2.75) is 59.4 Å². The minimum absolute atomic E-state index is 0.241. The monoisotopic (exact) mass is 473 g/mol. The molecule has 0 aliphatic heterocycles. The van der Waals surface area contributed by atoms with Crippen molar-refractivity contribution in [3.05, 3.63) is 70.4 Å². The zero-order chi connectivity index (χ0) is 24.8. The first-order valence-corrected chi connectivity index (χ1v) is 12.1. The average Bonchev–Trinajstić information content (AvgIpc) is 3.51. The third-order valence-electron chi connectivity index (χ3n) is 5.98. The molecule has 4 rings (SSSR count). The Labute approximate surface area is 204 Å². The summed E-state index contributed by atoms with van der Waals surface area (Å²) in [5.41, 5.74) is 3.47. The first kappa shape index (κ1) is 24.3. The van der Waals surface area contributed by atoms with Crippen LogP contribution in [0.4, 0.5) is 0 Å². The van der Waals surface area contributed by atoms with Gasteiger partial charge in [-0.3, -0.25) is 9.36 Å². The Kier molecular flexibility index (Phi) is 7.64. The van der Waals surface area contributed by atoms with Crippen LogP contribution >= 0.6 is 0 Å². The Morgan fingerprint density at radius 1 is 1.06 bits per heavy atom. The van der Waals surface area contributed by atoms with Gasteiger partial charge in [-0.2, -0.15) is 5.21 Å². The molecule has 9 nitrogen and oxygen atoms in total. The fourth-order valence-electron chi connectivity index (χ4n) is 3.97. The molecule has 2 aromatic heterocycles. The van der Waals surface area contributed by atoms with Crippen LogP contribution in [-0.4, -0.2) is 40.9 Å². The third-order valence-corrected chi connectivity index (χ3v) is 5.98. The van der Waals surface area contributed by atoms with Crippen molar-refractivity contribution in [2.75, 3.05) is 0 Å². The Morgan fingerprint density at radius 2 is 1.80 bits per heavy atom. The van der Waals surface area contributed by atoms with Crippen molar-refractivity contribution < 1.29 is 4.79 Å². The molecular weight excluding hydrogens is 442 g/mol. The van der Waals surface area contributed by atoms with E-state index >= 15 is 0 Å². The quantitative estimate of drug-likeness (QED) is 0.366. The lowest BCUT2D eigenvalue weighted by Crippen LogP contribution is -2.30. The number of benzene rings is 2. The standard InChI is InChI=1S/C26H31N7O2/c1-4-5-10-24(34)33-26(35)32(23(29-33)16-11-18(2)3)17-19-12-14-20(15-13-19)21-8-6-7-9-22(21)25-27-30-31-28-25/h6-9,12-15,18H,4-5,10-11,16-17H2,1-3H3,(H,27,28,30,31). The van der Waals surface area contributed by atoms with E-state index in [9.17, 15) is 9.59 Å². The Bertz CT molecular complexity index is 1320. The van der Waals surface area contributed by atoms with Crippen LogP contribution in [0.15, 0.2) is 53.3 Å². The summed E-state index contributed by atoms with van der Waals surface area (Å²) in [5.74, 6) is 1.42. The van der Waals surface area contributed by atoms with Crippen LogP contribution in [0.2, 0.25) is 0 Å². The van der Waals surface area contributed by atoms with Crippen molar-refractivity contribution in [3.8, 4) is 22.5 Å². The van der Waals surface area contributed by atoms with Crippen LogP contribution in [0.1, 0.15) is 62.6 Å². The van der Waals surface area contributed by atoms with Gasteiger partial charge >= 0.3 is 5.69 Å². The molecule has 0 aliphatic carbocycles. The summed E-state index contributed by atoms with van der Waals surface area (Å²) in [6.45, 7) is 6.65. The highest BCUT2D eigenvalue weighted by molar-refractivity contribution is 5.80. The fraction of sp³-hybridized carbons (Fsp3) is 0.385. The van der Waals surface area contributed by atoms with Gasteiger partial charge in [-0.05, 0) is 40.7 Å². The van der Waals surface area contributed by atoms with E-state index in [1.54, 1.807) is 4.57 Å². The molecule has 0 fully saturated rings. The minimum Gasteiger partial charge on any atom is -0.274 e. The Balaban J connectivity index is 1.61. The SMILES string of the molecule is CCCCC(=O)n1nc(CCC(C)C)n(Cc2ccc(-c3ccccc3-c3nn[nH]n3)cc2)c1=O. The molecule has 0 radical (unpaired) electrons. The summed E-state index contributed by atoms with van der Waals surface area (Å²) in [6.07, 6.45) is 3.50. The van der Waals surface area contributed by atoms with Gasteiger partial charge in [0.15, 0.2) is 0 Å². The van der Waals surface area contributed by atoms with Crippen LogP contribution in [0.5, 0.6) is 0 Å². The van der Waals surface area contributed by atoms with Gasteiger partial charge < -0.3 is 0 Å². The maximum atomic E-state index is 13.1. The van der Waals surface area contributed by atoms with E-state index in [-0.39, 0.29) is 11.6 Å². The minimum atomic E-state index is -0.364. The third kappa shape index (κ3) is 5.62. The number of hydrogen-bond donors (Lipinski definition) is 1. The van der Waals surface area contributed by atoms with E-state index in [4.69, 9.17) is 0 Å². The molecule has 35 heavy (non-hydrogen) atoms. The molecule has 2 aromatic carbocycles. The fourth-order valence-corrected chi connectivity index (χ4v) is 3.97. The second kappa shape index (κ2) is 11.0. The number of aryl methyl sites for hydroxylation is 1. The number of tetrazole rings is 1. The highest BCUT2D eigenvalue weighted by Crippen LogP contribution is 2.29. The predicted molar refractivity (Wildman–Crippen MR) is 134 cm³/mol. The van der Waals surface area contributed by atoms with E-state index in [1.165, 1.54) is 0 Å². The zero-order valence-electron chi connectivity index (χ0n) is 20.4. The van der Waals surface area contributed by atoms with Crippen LogP contribution in [-0.2, 0) is 13.0 Å². The van der Waals surface area contributed by atoms with Gasteiger partial charge in [0.05, 0.1) is 6.54 Å². The van der Waals surface area contributed by atoms with Gasteiger partial charge in [-0.25, -0.2) is 4.79 Å². The molecule has 0 spiro atoms. The number of nitrogens with one attached hydrogen (secondary N) is 1. The van der Waals surface area contributed by atoms with E-state index in [1.807, 2.05) is 55.5 Å². The molecule has 2 heterocycles. The van der Waals surface area contributed by atoms with Crippen molar-refractivity contribution in [2.24, 2.45) is 5.92 Å². The van der Waals surface area contributed by atoms with Crippen molar-refractivity contribution in [3.63, 3.8) is 0 Å².